The molecular weight excluding hydrogens is 414 g/mol. The van der Waals surface area contributed by atoms with Crippen LogP contribution in [0.15, 0.2) is 66.7 Å². The van der Waals surface area contributed by atoms with Crippen LogP contribution in [0.2, 0.25) is 0 Å². The van der Waals surface area contributed by atoms with Gasteiger partial charge >= 0.3 is 0 Å². The van der Waals surface area contributed by atoms with E-state index < -0.39 is 5.25 Å². The molecule has 0 aliphatic carbocycles. The zero-order valence-corrected chi connectivity index (χ0v) is 17.9. The largest absolute Gasteiger partial charge is 0.497 e. The first-order valence-corrected chi connectivity index (χ1v) is 10.5. The molecule has 1 atom stereocenters. The van der Waals surface area contributed by atoms with Crippen molar-refractivity contribution in [2.24, 2.45) is 0 Å². The van der Waals surface area contributed by atoms with Crippen molar-refractivity contribution in [3.63, 3.8) is 0 Å². The van der Waals surface area contributed by atoms with Gasteiger partial charge in [-0.05, 0) is 59.5 Å². The standard InChI is InChI=1S/C24H21NO5S/c1-28-20-12-17(13-21(14-20)29-2)16-6-4-8-19(11-16)30-18-7-3-5-15(9-18)10-22-23(26)25-24(27)31-22/h3-9,11-14,22H,10H2,1-2H3,(H,25,26,27). The Morgan fingerprint density at radius 1 is 0.806 bits per heavy atom. The van der Waals surface area contributed by atoms with Gasteiger partial charge in [0.15, 0.2) is 0 Å². The summed E-state index contributed by atoms with van der Waals surface area (Å²) in [6.45, 7) is 0. The second-order valence-corrected chi connectivity index (χ2v) is 8.14. The van der Waals surface area contributed by atoms with E-state index in [0.29, 0.717) is 29.4 Å². The first-order valence-electron chi connectivity index (χ1n) is 9.66. The number of thioether (sulfide) groups is 1. The molecule has 1 unspecified atom stereocenters. The first-order chi connectivity index (χ1) is 15.0. The Morgan fingerprint density at radius 3 is 2.10 bits per heavy atom. The maximum Gasteiger partial charge on any atom is 0.286 e. The summed E-state index contributed by atoms with van der Waals surface area (Å²) in [7, 11) is 3.24. The minimum atomic E-state index is -0.408. The molecule has 1 N–H and O–H groups in total. The van der Waals surface area contributed by atoms with Crippen LogP contribution in [0.1, 0.15) is 5.56 Å². The maximum absolute atomic E-state index is 11.8. The second-order valence-electron chi connectivity index (χ2n) is 6.97. The van der Waals surface area contributed by atoms with Gasteiger partial charge in [-0.2, -0.15) is 0 Å². The Labute approximate surface area is 184 Å². The van der Waals surface area contributed by atoms with E-state index in [1.54, 1.807) is 14.2 Å². The summed E-state index contributed by atoms with van der Waals surface area (Å²) >= 11 is 1.02. The SMILES string of the molecule is COc1cc(OC)cc(-c2cccc(Oc3cccc(CC4SC(=O)NC4=O)c3)c2)c1. The summed E-state index contributed by atoms with van der Waals surface area (Å²) in [5.74, 6) is 2.51. The van der Waals surface area contributed by atoms with Crippen molar-refractivity contribution < 1.29 is 23.8 Å². The molecule has 4 rings (SSSR count). The summed E-state index contributed by atoms with van der Waals surface area (Å²) < 4.78 is 16.8. The van der Waals surface area contributed by atoms with Crippen LogP contribution in [0, 0.1) is 0 Å². The second kappa shape index (κ2) is 9.14. The molecular formula is C24H21NO5S. The molecule has 0 aromatic heterocycles. The number of carbonyl (C=O) groups excluding carboxylic acids is 2. The molecule has 1 fully saturated rings. The average Bonchev–Trinajstić information content (AvgIpc) is 3.10. The van der Waals surface area contributed by atoms with E-state index >= 15 is 0 Å². The van der Waals surface area contributed by atoms with E-state index in [1.165, 1.54) is 0 Å². The molecule has 6 nitrogen and oxygen atoms in total. The fourth-order valence-corrected chi connectivity index (χ4v) is 4.19. The van der Waals surface area contributed by atoms with Crippen molar-refractivity contribution in [3.8, 4) is 34.1 Å². The quantitative estimate of drug-likeness (QED) is 0.559. The van der Waals surface area contributed by atoms with Crippen LogP contribution >= 0.6 is 11.8 Å². The maximum atomic E-state index is 11.8. The van der Waals surface area contributed by atoms with Gasteiger partial charge in [-0.15, -0.1) is 0 Å². The highest BCUT2D eigenvalue weighted by Gasteiger charge is 2.31. The molecule has 158 valence electrons. The Hall–Kier alpha value is -3.45. The number of rotatable bonds is 7. The molecule has 1 saturated heterocycles. The lowest BCUT2D eigenvalue weighted by molar-refractivity contribution is -0.118. The molecule has 1 aliphatic heterocycles. The molecule has 1 heterocycles. The van der Waals surface area contributed by atoms with Crippen molar-refractivity contribution in [2.75, 3.05) is 14.2 Å². The van der Waals surface area contributed by atoms with Crippen molar-refractivity contribution >= 4 is 22.9 Å². The van der Waals surface area contributed by atoms with Gasteiger partial charge in [0.2, 0.25) is 5.91 Å². The van der Waals surface area contributed by atoms with Crippen LogP contribution in [0.4, 0.5) is 4.79 Å². The van der Waals surface area contributed by atoms with E-state index in [4.69, 9.17) is 14.2 Å². The smallest absolute Gasteiger partial charge is 0.286 e. The third-order valence-electron chi connectivity index (χ3n) is 4.84. The predicted molar refractivity (Wildman–Crippen MR) is 120 cm³/mol. The zero-order valence-electron chi connectivity index (χ0n) is 17.1. The number of hydrogen-bond acceptors (Lipinski definition) is 6. The van der Waals surface area contributed by atoms with Crippen LogP contribution in [-0.2, 0) is 11.2 Å². The minimum Gasteiger partial charge on any atom is -0.497 e. The number of amides is 2. The van der Waals surface area contributed by atoms with Crippen LogP contribution in [0.3, 0.4) is 0 Å². The van der Waals surface area contributed by atoms with Gasteiger partial charge in [-0.25, -0.2) is 0 Å². The summed E-state index contributed by atoms with van der Waals surface area (Å²) in [6, 6.07) is 21.0. The van der Waals surface area contributed by atoms with Gasteiger partial charge in [0.25, 0.3) is 5.24 Å². The molecule has 3 aromatic rings. The fourth-order valence-electron chi connectivity index (χ4n) is 3.33. The molecule has 0 saturated carbocycles. The van der Waals surface area contributed by atoms with Crippen molar-refractivity contribution in [1.29, 1.82) is 0 Å². The molecule has 0 bridgehead atoms. The number of ether oxygens (including phenoxy) is 3. The van der Waals surface area contributed by atoms with Crippen molar-refractivity contribution in [1.82, 2.24) is 5.32 Å². The van der Waals surface area contributed by atoms with Gasteiger partial charge in [0, 0.05) is 6.07 Å². The van der Waals surface area contributed by atoms with Gasteiger partial charge in [-0.1, -0.05) is 36.0 Å². The first kappa shape index (κ1) is 20.8. The Balaban J connectivity index is 1.53. The molecule has 0 spiro atoms. The van der Waals surface area contributed by atoms with E-state index in [0.717, 1.165) is 28.5 Å². The van der Waals surface area contributed by atoms with E-state index in [9.17, 15) is 9.59 Å². The van der Waals surface area contributed by atoms with Gasteiger partial charge in [0.1, 0.15) is 23.0 Å². The van der Waals surface area contributed by atoms with E-state index in [1.807, 2.05) is 66.7 Å². The molecule has 31 heavy (non-hydrogen) atoms. The topological polar surface area (TPSA) is 73.9 Å². The van der Waals surface area contributed by atoms with Crippen LogP contribution in [0.5, 0.6) is 23.0 Å². The highest BCUT2D eigenvalue weighted by atomic mass is 32.2. The van der Waals surface area contributed by atoms with Gasteiger partial charge in [0.05, 0.1) is 19.5 Å². The number of benzene rings is 3. The van der Waals surface area contributed by atoms with Crippen molar-refractivity contribution in [2.45, 2.75) is 11.7 Å². The average molecular weight is 436 g/mol. The Morgan fingerprint density at radius 2 is 1.45 bits per heavy atom. The number of carbonyl (C=O) groups is 2. The lowest BCUT2D eigenvalue weighted by Crippen LogP contribution is -2.25. The third kappa shape index (κ3) is 5.00. The molecule has 0 radical (unpaired) electrons. The molecule has 7 heteroatoms. The van der Waals surface area contributed by atoms with Gasteiger partial charge in [-0.3, -0.25) is 14.9 Å². The molecule has 1 aliphatic rings. The Bertz CT molecular complexity index is 1110. The number of nitrogens with one attached hydrogen (secondary N) is 1. The summed E-state index contributed by atoms with van der Waals surface area (Å²) in [5.41, 5.74) is 2.83. The highest BCUT2D eigenvalue weighted by molar-refractivity contribution is 8.15. The lowest BCUT2D eigenvalue weighted by Gasteiger charge is -2.12. The van der Waals surface area contributed by atoms with Crippen LogP contribution in [0.25, 0.3) is 11.1 Å². The van der Waals surface area contributed by atoms with Gasteiger partial charge < -0.3 is 14.2 Å². The number of hydrogen-bond donors (Lipinski definition) is 1. The summed E-state index contributed by atoms with van der Waals surface area (Å²) in [4.78, 5) is 23.2. The van der Waals surface area contributed by atoms with Crippen molar-refractivity contribution in [3.05, 3.63) is 72.3 Å². The lowest BCUT2D eigenvalue weighted by atomic mass is 10.0. The molecule has 2 amide bonds. The summed E-state index contributed by atoms with van der Waals surface area (Å²) in [6.07, 6.45) is 0.461. The molecule has 3 aromatic carbocycles. The zero-order chi connectivity index (χ0) is 21.8. The van der Waals surface area contributed by atoms with E-state index in [-0.39, 0.29) is 11.1 Å². The van der Waals surface area contributed by atoms with E-state index in [2.05, 4.69) is 5.32 Å². The third-order valence-corrected chi connectivity index (χ3v) is 5.82. The monoisotopic (exact) mass is 435 g/mol. The highest BCUT2D eigenvalue weighted by Crippen LogP contribution is 2.33. The number of imide groups is 1. The van der Waals surface area contributed by atoms with Crippen LogP contribution in [-0.4, -0.2) is 30.6 Å². The Kier molecular flexibility index (Phi) is 6.13. The predicted octanol–water partition coefficient (Wildman–Crippen LogP) is 5.06. The number of methoxy groups -OCH3 is 2. The summed E-state index contributed by atoms with van der Waals surface area (Å²) in [5, 5.41) is 1.61. The van der Waals surface area contributed by atoms with Crippen LogP contribution < -0.4 is 19.5 Å². The normalized spacial score (nSPS) is 15.5. The minimum absolute atomic E-state index is 0.247. The fraction of sp³-hybridized carbons (Fsp3) is 0.167.